The molecular weight excluding hydrogens is 334 g/mol. The van der Waals surface area contributed by atoms with Crippen LogP contribution in [0.15, 0.2) is 42.5 Å². The normalized spacial score (nSPS) is 17.2. The lowest BCUT2D eigenvalue weighted by molar-refractivity contribution is -0.115. The summed E-state index contributed by atoms with van der Waals surface area (Å²) < 4.78 is 11.0. The molecular formula is C20H23NO3S. The third kappa shape index (κ3) is 3.33. The molecule has 3 rings (SSSR count). The molecule has 2 aromatic carbocycles. The largest absolute Gasteiger partial charge is 0.493 e. The second-order valence-corrected chi connectivity index (χ2v) is 7.32. The van der Waals surface area contributed by atoms with Crippen LogP contribution in [0.5, 0.6) is 11.5 Å². The number of hydrogen-bond acceptors (Lipinski definition) is 4. The summed E-state index contributed by atoms with van der Waals surface area (Å²) in [5.41, 5.74) is 3.12. The first-order chi connectivity index (χ1) is 12.1. The molecule has 1 fully saturated rings. The number of para-hydroxylation sites is 1. The second kappa shape index (κ2) is 7.40. The van der Waals surface area contributed by atoms with Crippen molar-refractivity contribution in [2.45, 2.75) is 25.1 Å². The number of thioether (sulfide) groups is 1. The monoisotopic (exact) mass is 357 g/mol. The molecule has 1 heterocycles. The summed E-state index contributed by atoms with van der Waals surface area (Å²) in [6.45, 7) is 4.32. The molecule has 5 heteroatoms. The minimum absolute atomic E-state index is 0.108. The lowest BCUT2D eigenvalue weighted by Crippen LogP contribution is -2.28. The van der Waals surface area contributed by atoms with E-state index in [1.807, 2.05) is 35.2 Å². The first kappa shape index (κ1) is 17.7. The summed E-state index contributed by atoms with van der Waals surface area (Å²) in [6.07, 6.45) is 0. The average molecular weight is 357 g/mol. The number of rotatable bonds is 5. The highest BCUT2D eigenvalue weighted by Gasteiger charge is 2.36. The quantitative estimate of drug-likeness (QED) is 0.783. The van der Waals surface area contributed by atoms with Crippen molar-refractivity contribution in [2.24, 2.45) is 0 Å². The van der Waals surface area contributed by atoms with Crippen LogP contribution in [-0.4, -0.2) is 25.9 Å². The van der Waals surface area contributed by atoms with Gasteiger partial charge < -0.3 is 9.47 Å². The molecule has 0 aliphatic carbocycles. The molecule has 25 heavy (non-hydrogen) atoms. The van der Waals surface area contributed by atoms with E-state index in [4.69, 9.17) is 9.47 Å². The van der Waals surface area contributed by atoms with Crippen LogP contribution in [0.2, 0.25) is 0 Å². The van der Waals surface area contributed by atoms with Crippen LogP contribution in [0.25, 0.3) is 0 Å². The number of methoxy groups -OCH3 is 2. The van der Waals surface area contributed by atoms with Gasteiger partial charge in [0, 0.05) is 11.3 Å². The van der Waals surface area contributed by atoms with Gasteiger partial charge in [0.25, 0.3) is 0 Å². The van der Waals surface area contributed by atoms with Crippen LogP contribution in [0.3, 0.4) is 0 Å². The summed E-state index contributed by atoms with van der Waals surface area (Å²) in [6, 6.07) is 14.0. The van der Waals surface area contributed by atoms with Gasteiger partial charge >= 0.3 is 0 Å². The zero-order valence-corrected chi connectivity index (χ0v) is 15.8. The molecule has 2 aromatic rings. The minimum Gasteiger partial charge on any atom is -0.493 e. The zero-order chi connectivity index (χ0) is 18.0. The van der Waals surface area contributed by atoms with Gasteiger partial charge in [0.15, 0.2) is 11.5 Å². The van der Waals surface area contributed by atoms with Crippen LogP contribution in [0, 0.1) is 0 Å². The van der Waals surface area contributed by atoms with Crippen molar-refractivity contribution < 1.29 is 14.3 Å². The van der Waals surface area contributed by atoms with Crippen molar-refractivity contribution in [1.29, 1.82) is 0 Å². The Balaban J connectivity index is 2.00. The van der Waals surface area contributed by atoms with Crippen LogP contribution in [-0.2, 0) is 4.79 Å². The van der Waals surface area contributed by atoms with Gasteiger partial charge in [-0.2, -0.15) is 0 Å². The molecule has 0 bridgehead atoms. The molecule has 1 aliphatic rings. The Morgan fingerprint density at radius 3 is 2.40 bits per heavy atom. The maximum atomic E-state index is 12.6. The van der Waals surface area contributed by atoms with Gasteiger partial charge in [-0.1, -0.05) is 38.1 Å². The summed E-state index contributed by atoms with van der Waals surface area (Å²) >= 11 is 1.61. The number of benzene rings is 2. The minimum atomic E-state index is -0.123. The molecule has 0 saturated carbocycles. The smallest absolute Gasteiger partial charge is 0.238 e. The lowest BCUT2D eigenvalue weighted by Gasteiger charge is -2.26. The van der Waals surface area contributed by atoms with Crippen molar-refractivity contribution in [2.75, 3.05) is 24.9 Å². The number of nitrogens with zero attached hydrogens (tertiary/aromatic N) is 1. The number of carbonyl (C=O) groups is 1. The van der Waals surface area contributed by atoms with E-state index in [1.165, 1.54) is 5.56 Å². The van der Waals surface area contributed by atoms with Gasteiger partial charge in [-0.3, -0.25) is 9.69 Å². The Morgan fingerprint density at radius 2 is 1.80 bits per heavy atom. The molecule has 1 saturated heterocycles. The molecule has 132 valence electrons. The van der Waals surface area contributed by atoms with E-state index >= 15 is 0 Å². The molecule has 0 aromatic heterocycles. The molecule has 0 radical (unpaired) electrons. The van der Waals surface area contributed by atoms with E-state index in [0.717, 1.165) is 11.3 Å². The van der Waals surface area contributed by atoms with E-state index in [9.17, 15) is 4.79 Å². The number of carbonyl (C=O) groups excluding carboxylic acids is 1. The van der Waals surface area contributed by atoms with Gasteiger partial charge in [-0.25, -0.2) is 0 Å². The van der Waals surface area contributed by atoms with Crippen LogP contribution >= 0.6 is 11.8 Å². The molecule has 0 spiro atoms. The molecule has 4 nitrogen and oxygen atoms in total. The number of anilines is 1. The maximum absolute atomic E-state index is 12.6. The Morgan fingerprint density at radius 1 is 1.08 bits per heavy atom. The van der Waals surface area contributed by atoms with Crippen molar-refractivity contribution in [3.63, 3.8) is 0 Å². The fraction of sp³-hybridized carbons (Fsp3) is 0.350. The summed E-state index contributed by atoms with van der Waals surface area (Å²) in [5.74, 6) is 2.39. The Kier molecular flexibility index (Phi) is 5.23. The van der Waals surface area contributed by atoms with Gasteiger partial charge in [0.1, 0.15) is 5.37 Å². The SMILES string of the molecule is COc1cccc([C@H]2SCC(=O)N2c2ccc(C(C)C)cc2)c1OC. The van der Waals surface area contributed by atoms with Gasteiger partial charge in [0.05, 0.1) is 20.0 Å². The van der Waals surface area contributed by atoms with E-state index in [1.54, 1.807) is 26.0 Å². The number of amides is 1. The third-order valence-electron chi connectivity index (χ3n) is 4.41. The third-order valence-corrected chi connectivity index (χ3v) is 5.60. The molecule has 1 atom stereocenters. The van der Waals surface area contributed by atoms with Crippen LogP contribution in [0.4, 0.5) is 5.69 Å². The topological polar surface area (TPSA) is 38.8 Å². The van der Waals surface area contributed by atoms with Crippen molar-refractivity contribution in [3.8, 4) is 11.5 Å². The number of hydrogen-bond donors (Lipinski definition) is 0. The molecule has 1 aliphatic heterocycles. The molecule has 0 N–H and O–H groups in total. The van der Waals surface area contributed by atoms with Crippen LogP contribution < -0.4 is 14.4 Å². The highest BCUT2D eigenvalue weighted by Crippen LogP contribution is 2.47. The standard InChI is InChI=1S/C20H23NO3S/c1-13(2)14-8-10-15(11-9-14)21-18(22)12-25-20(21)16-6-5-7-17(23-3)19(16)24-4/h5-11,13,20H,12H2,1-4H3/t20-/m1/s1. The number of ether oxygens (including phenoxy) is 2. The Hall–Kier alpha value is -2.14. The van der Waals surface area contributed by atoms with Crippen molar-refractivity contribution >= 4 is 23.4 Å². The predicted molar refractivity (Wildman–Crippen MR) is 103 cm³/mol. The van der Waals surface area contributed by atoms with Gasteiger partial charge in [0.2, 0.25) is 5.91 Å². The van der Waals surface area contributed by atoms with E-state index in [2.05, 4.69) is 26.0 Å². The Bertz CT molecular complexity index is 758. The van der Waals surface area contributed by atoms with Crippen molar-refractivity contribution in [1.82, 2.24) is 0 Å². The summed E-state index contributed by atoms with van der Waals surface area (Å²) in [7, 11) is 3.25. The first-order valence-electron chi connectivity index (χ1n) is 8.31. The predicted octanol–water partition coefficient (Wildman–Crippen LogP) is 4.61. The van der Waals surface area contributed by atoms with Gasteiger partial charge in [-0.05, 0) is 29.7 Å². The van der Waals surface area contributed by atoms with Crippen LogP contribution in [0.1, 0.15) is 36.3 Å². The molecule has 1 amide bonds. The highest BCUT2D eigenvalue weighted by atomic mass is 32.2. The lowest BCUT2D eigenvalue weighted by atomic mass is 10.0. The van der Waals surface area contributed by atoms with E-state index in [-0.39, 0.29) is 11.3 Å². The zero-order valence-electron chi connectivity index (χ0n) is 15.0. The summed E-state index contributed by atoms with van der Waals surface area (Å²) in [4.78, 5) is 14.4. The first-order valence-corrected chi connectivity index (χ1v) is 9.36. The highest BCUT2D eigenvalue weighted by molar-refractivity contribution is 8.00. The average Bonchev–Trinajstić information content (AvgIpc) is 3.02. The Labute approximate surface area is 153 Å². The fourth-order valence-electron chi connectivity index (χ4n) is 3.06. The van der Waals surface area contributed by atoms with E-state index in [0.29, 0.717) is 23.2 Å². The molecule has 0 unspecified atom stereocenters. The van der Waals surface area contributed by atoms with E-state index < -0.39 is 0 Å². The van der Waals surface area contributed by atoms with Crippen molar-refractivity contribution in [3.05, 3.63) is 53.6 Å². The fourth-order valence-corrected chi connectivity index (χ4v) is 4.25. The second-order valence-electron chi connectivity index (χ2n) is 6.26. The van der Waals surface area contributed by atoms with Gasteiger partial charge in [-0.15, -0.1) is 11.8 Å². The maximum Gasteiger partial charge on any atom is 0.238 e. The summed E-state index contributed by atoms with van der Waals surface area (Å²) in [5, 5.41) is -0.123.